The van der Waals surface area contributed by atoms with E-state index in [0.717, 1.165) is 49.6 Å². The monoisotopic (exact) mass is 363 g/mol. The lowest BCUT2D eigenvalue weighted by Crippen LogP contribution is -2.49. The Hall–Kier alpha value is -2.70. The molecule has 0 saturated carbocycles. The Kier molecular flexibility index (Phi) is 5.46. The number of rotatable bonds is 6. The second-order valence-electron chi connectivity index (χ2n) is 7.01. The van der Waals surface area contributed by atoms with Crippen molar-refractivity contribution >= 4 is 11.6 Å². The number of benzene rings is 1. The fourth-order valence-electron chi connectivity index (χ4n) is 3.45. The molecular weight excluding hydrogens is 338 g/mol. The zero-order valence-corrected chi connectivity index (χ0v) is 15.4. The Morgan fingerprint density at radius 2 is 1.70 bits per heavy atom. The first kappa shape index (κ1) is 17.7. The van der Waals surface area contributed by atoms with E-state index in [1.807, 2.05) is 54.7 Å². The first-order valence-corrected chi connectivity index (χ1v) is 9.44. The molecule has 1 aliphatic rings. The average Bonchev–Trinajstić information content (AvgIpc) is 3.11. The summed E-state index contributed by atoms with van der Waals surface area (Å²) in [6.07, 6.45) is 4.12. The number of piperazine rings is 1. The predicted molar refractivity (Wildman–Crippen MR) is 105 cm³/mol. The topological polar surface area (TPSA) is 52.9 Å². The highest BCUT2D eigenvalue weighted by Gasteiger charge is 2.19. The van der Waals surface area contributed by atoms with Crippen LogP contribution in [0, 0.1) is 0 Å². The summed E-state index contributed by atoms with van der Waals surface area (Å²) in [5.74, 6) is 0.0904. The third-order valence-corrected chi connectivity index (χ3v) is 4.96. The smallest absolute Gasteiger partial charge is 0.234 e. The molecular formula is C21H25N5O. The van der Waals surface area contributed by atoms with Crippen molar-refractivity contribution in [1.82, 2.24) is 24.5 Å². The van der Waals surface area contributed by atoms with Crippen LogP contribution in [0.1, 0.15) is 11.3 Å². The summed E-state index contributed by atoms with van der Waals surface area (Å²) >= 11 is 0. The van der Waals surface area contributed by atoms with Gasteiger partial charge in [-0.15, -0.1) is 0 Å². The van der Waals surface area contributed by atoms with Crippen LogP contribution in [0.25, 0.3) is 5.65 Å². The minimum absolute atomic E-state index is 0.0904. The van der Waals surface area contributed by atoms with Gasteiger partial charge in [-0.2, -0.15) is 0 Å². The van der Waals surface area contributed by atoms with Crippen LogP contribution in [0.2, 0.25) is 0 Å². The van der Waals surface area contributed by atoms with Gasteiger partial charge in [0.2, 0.25) is 5.91 Å². The standard InChI is InChI=1S/C21H25N5O/c27-21(22-14-18-6-2-1-3-7-18)17-25-12-10-24(11-13-25)15-19-16-26-9-5-4-8-20(26)23-19/h1-9,16H,10-15,17H2,(H,22,27). The quantitative estimate of drug-likeness (QED) is 0.725. The molecule has 6 heteroatoms. The van der Waals surface area contributed by atoms with Crippen molar-refractivity contribution in [2.45, 2.75) is 13.1 Å². The highest BCUT2D eigenvalue weighted by Crippen LogP contribution is 2.10. The summed E-state index contributed by atoms with van der Waals surface area (Å²) in [6, 6.07) is 16.1. The van der Waals surface area contributed by atoms with Gasteiger partial charge in [0, 0.05) is 51.7 Å². The number of aromatic nitrogens is 2. The number of imidazole rings is 1. The lowest BCUT2D eigenvalue weighted by Gasteiger charge is -2.33. The van der Waals surface area contributed by atoms with Crippen molar-refractivity contribution in [2.75, 3.05) is 32.7 Å². The SMILES string of the molecule is O=C(CN1CCN(Cc2cn3ccccc3n2)CC1)NCc1ccccc1. The van der Waals surface area contributed by atoms with Gasteiger partial charge in [0.15, 0.2) is 0 Å². The average molecular weight is 363 g/mol. The minimum atomic E-state index is 0.0904. The second-order valence-corrected chi connectivity index (χ2v) is 7.01. The van der Waals surface area contributed by atoms with Crippen molar-refractivity contribution in [2.24, 2.45) is 0 Å². The molecule has 0 unspecified atom stereocenters. The molecule has 3 aromatic rings. The summed E-state index contributed by atoms with van der Waals surface area (Å²) in [5, 5.41) is 3.01. The fraction of sp³-hybridized carbons (Fsp3) is 0.333. The first-order chi connectivity index (χ1) is 13.3. The van der Waals surface area contributed by atoms with Crippen LogP contribution in [-0.2, 0) is 17.9 Å². The van der Waals surface area contributed by atoms with Gasteiger partial charge in [0.25, 0.3) is 0 Å². The summed E-state index contributed by atoms with van der Waals surface area (Å²) in [6.45, 7) is 5.65. The molecule has 1 saturated heterocycles. The molecule has 1 N–H and O–H groups in total. The summed E-state index contributed by atoms with van der Waals surface area (Å²) in [5.41, 5.74) is 3.21. The lowest BCUT2D eigenvalue weighted by molar-refractivity contribution is -0.122. The normalized spacial score (nSPS) is 15.9. The molecule has 1 amide bonds. The van der Waals surface area contributed by atoms with Gasteiger partial charge in [0.1, 0.15) is 5.65 Å². The number of hydrogen-bond acceptors (Lipinski definition) is 4. The van der Waals surface area contributed by atoms with Crippen LogP contribution in [0.4, 0.5) is 0 Å². The molecule has 140 valence electrons. The third kappa shape index (κ3) is 4.72. The summed E-state index contributed by atoms with van der Waals surface area (Å²) < 4.78 is 2.06. The Bertz CT molecular complexity index is 851. The minimum Gasteiger partial charge on any atom is -0.351 e. The molecule has 4 rings (SSSR count). The van der Waals surface area contributed by atoms with E-state index in [2.05, 4.69) is 30.7 Å². The fourth-order valence-corrected chi connectivity index (χ4v) is 3.45. The van der Waals surface area contributed by atoms with Gasteiger partial charge in [0.05, 0.1) is 12.2 Å². The molecule has 0 aliphatic carbocycles. The number of nitrogens with one attached hydrogen (secondary N) is 1. The Morgan fingerprint density at radius 1 is 0.963 bits per heavy atom. The van der Waals surface area contributed by atoms with Gasteiger partial charge in [-0.05, 0) is 17.7 Å². The Labute approximate surface area is 159 Å². The van der Waals surface area contributed by atoms with Gasteiger partial charge in [-0.3, -0.25) is 14.6 Å². The zero-order valence-electron chi connectivity index (χ0n) is 15.4. The number of amides is 1. The molecule has 0 bridgehead atoms. The number of carbonyl (C=O) groups excluding carboxylic acids is 1. The molecule has 6 nitrogen and oxygen atoms in total. The van der Waals surface area contributed by atoms with E-state index in [-0.39, 0.29) is 5.91 Å². The van der Waals surface area contributed by atoms with E-state index in [4.69, 9.17) is 0 Å². The van der Waals surface area contributed by atoms with Crippen LogP contribution in [0.15, 0.2) is 60.9 Å². The van der Waals surface area contributed by atoms with E-state index in [9.17, 15) is 4.79 Å². The van der Waals surface area contributed by atoms with Crippen LogP contribution in [-0.4, -0.2) is 57.8 Å². The van der Waals surface area contributed by atoms with E-state index >= 15 is 0 Å². The summed E-state index contributed by atoms with van der Waals surface area (Å²) in [7, 11) is 0. The Balaban J connectivity index is 1.21. The molecule has 2 aromatic heterocycles. The number of nitrogens with zero attached hydrogens (tertiary/aromatic N) is 4. The predicted octanol–water partition coefficient (Wildman–Crippen LogP) is 1.77. The van der Waals surface area contributed by atoms with Gasteiger partial charge in [-0.1, -0.05) is 36.4 Å². The van der Waals surface area contributed by atoms with E-state index in [1.54, 1.807) is 0 Å². The molecule has 27 heavy (non-hydrogen) atoms. The number of hydrogen-bond donors (Lipinski definition) is 1. The zero-order chi connectivity index (χ0) is 18.5. The maximum absolute atomic E-state index is 12.2. The summed E-state index contributed by atoms with van der Waals surface area (Å²) in [4.78, 5) is 21.5. The van der Waals surface area contributed by atoms with Crippen molar-refractivity contribution in [1.29, 1.82) is 0 Å². The molecule has 0 atom stereocenters. The molecule has 1 fully saturated rings. The molecule has 1 aromatic carbocycles. The van der Waals surface area contributed by atoms with Gasteiger partial charge in [-0.25, -0.2) is 4.98 Å². The maximum atomic E-state index is 12.2. The van der Waals surface area contributed by atoms with Gasteiger partial charge < -0.3 is 9.72 Å². The van der Waals surface area contributed by atoms with Crippen molar-refractivity contribution < 1.29 is 4.79 Å². The molecule has 0 spiro atoms. The van der Waals surface area contributed by atoms with Crippen molar-refractivity contribution in [3.8, 4) is 0 Å². The van der Waals surface area contributed by atoms with E-state index in [0.29, 0.717) is 13.1 Å². The largest absolute Gasteiger partial charge is 0.351 e. The molecule has 0 radical (unpaired) electrons. The third-order valence-electron chi connectivity index (χ3n) is 4.96. The van der Waals surface area contributed by atoms with Crippen molar-refractivity contribution in [3.05, 3.63) is 72.2 Å². The Morgan fingerprint density at radius 3 is 2.48 bits per heavy atom. The lowest BCUT2D eigenvalue weighted by atomic mass is 10.2. The van der Waals surface area contributed by atoms with E-state index in [1.165, 1.54) is 0 Å². The van der Waals surface area contributed by atoms with E-state index < -0.39 is 0 Å². The highest BCUT2D eigenvalue weighted by atomic mass is 16.2. The van der Waals surface area contributed by atoms with Crippen molar-refractivity contribution in [3.63, 3.8) is 0 Å². The van der Waals surface area contributed by atoms with Gasteiger partial charge >= 0.3 is 0 Å². The number of pyridine rings is 1. The van der Waals surface area contributed by atoms with Crippen LogP contribution < -0.4 is 5.32 Å². The van der Waals surface area contributed by atoms with Crippen LogP contribution in [0.3, 0.4) is 0 Å². The van der Waals surface area contributed by atoms with Crippen LogP contribution in [0.5, 0.6) is 0 Å². The second kappa shape index (κ2) is 8.33. The molecule has 3 heterocycles. The maximum Gasteiger partial charge on any atom is 0.234 e. The molecule has 1 aliphatic heterocycles. The number of carbonyl (C=O) groups is 1. The first-order valence-electron chi connectivity index (χ1n) is 9.44. The van der Waals surface area contributed by atoms with Crippen LogP contribution >= 0.6 is 0 Å². The number of fused-ring (bicyclic) bond motifs is 1. The highest BCUT2D eigenvalue weighted by molar-refractivity contribution is 5.78.